The van der Waals surface area contributed by atoms with Crippen LogP contribution in [0.4, 0.5) is 5.69 Å². The summed E-state index contributed by atoms with van der Waals surface area (Å²) in [6.07, 6.45) is 0.705. The highest BCUT2D eigenvalue weighted by Crippen LogP contribution is 2.43. The number of hydrogen-bond donors (Lipinski definition) is 4. The summed E-state index contributed by atoms with van der Waals surface area (Å²) < 4.78 is 6.13. The number of nitrogens with one attached hydrogen (secondary N) is 2. The molecule has 0 unspecified atom stereocenters. The Morgan fingerprint density at radius 2 is 1.73 bits per heavy atom. The molecule has 0 spiro atoms. The van der Waals surface area contributed by atoms with Gasteiger partial charge < -0.3 is 26.2 Å². The molecule has 2 amide bonds. The summed E-state index contributed by atoms with van der Waals surface area (Å²) in [6, 6.07) is 12.4. The number of thiophene rings is 1. The molecule has 1 aliphatic heterocycles. The quantitative estimate of drug-likeness (QED) is 0.194. The maximum absolute atomic E-state index is 14.1. The predicted octanol–water partition coefficient (Wildman–Crippen LogP) is 6.21. The Morgan fingerprint density at radius 1 is 1.00 bits per heavy atom. The lowest BCUT2D eigenvalue weighted by Crippen LogP contribution is -2.33. The Kier molecular flexibility index (Phi) is 8.58. The van der Waals surface area contributed by atoms with Gasteiger partial charge in [-0.1, -0.05) is 32.9 Å². The van der Waals surface area contributed by atoms with E-state index in [-0.39, 0.29) is 27.9 Å². The number of carboxylic acids is 1. The third kappa shape index (κ3) is 6.36. The molecule has 0 atom stereocenters. The second-order valence-electron chi connectivity index (χ2n) is 12.2. The summed E-state index contributed by atoms with van der Waals surface area (Å²) in [5.74, 6) is -1.67. The Labute approximate surface area is 260 Å². The van der Waals surface area contributed by atoms with Crippen LogP contribution in [0.15, 0.2) is 47.8 Å². The van der Waals surface area contributed by atoms with Gasteiger partial charge in [0, 0.05) is 52.3 Å². The lowest BCUT2D eigenvalue weighted by atomic mass is 9.93. The number of carboxylic acid groups (broad SMARTS) is 1. The van der Waals surface area contributed by atoms with Crippen LogP contribution in [-0.2, 0) is 13.0 Å². The van der Waals surface area contributed by atoms with Crippen molar-refractivity contribution < 1.29 is 24.2 Å². The molecule has 2 aromatic carbocycles. The highest BCUT2D eigenvalue weighted by Gasteiger charge is 2.27. The third-order valence-corrected chi connectivity index (χ3v) is 8.44. The van der Waals surface area contributed by atoms with E-state index in [4.69, 9.17) is 10.5 Å². The largest absolute Gasteiger partial charge is 0.493 e. The number of aryl methyl sites for hydroxylation is 2. The zero-order valence-corrected chi connectivity index (χ0v) is 26.3. The maximum Gasteiger partial charge on any atom is 0.355 e. The summed E-state index contributed by atoms with van der Waals surface area (Å²) in [5.41, 5.74) is 11.3. The van der Waals surface area contributed by atoms with Crippen molar-refractivity contribution >= 4 is 34.8 Å². The number of carbonyl (C=O) groups is 3. The van der Waals surface area contributed by atoms with Crippen LogP contribution in [0.25, 0.3) is 21.6 Å². The minimum absolute atomic E-state index is 0.0260. The van der Waals surface area contributed by atoms with E-state index < -0.39 is 17.8 Å². The van der Waals surface area contributed by atoms with Gasteiger partial charge in [0.05, 0.1) is 6.61 Å². The van der Waals surface area contributed by atoms with Gasteiger partial charge in [0.1, 0.15) is 11.4 Å². The van der Waals surface area contributed by atoms with Crippen molar-refractivity contribution in [1.29, 1.82) is 0 Å². The molecule has 0 fully saturated rings. The number of carbonyl (C=O) groups excluding carboxylic acids is 2. The van der Waals surface area contributed by atoms with E-state index in [0.29, 0.717) is 43.1 Å². The van der Waals surface area contributed by atoms with Crippen LogP contribution in [-0.4, -0.2) is 41.0 Å². The molecule has 9 nitrogen and oxygen atoms in total. The topological polar surface area (TPSA) is 144 Å². The average Bonchev–Trinajstić information content (AvgIpc) is 3.37. The Morgan fingerprint density at radius 3 is 2.39 bits per heavy atom. The number of nitrogens with two attached hydrogens (primary N) is 1. The first-order chi connectivity index (χ1) is 20.9. The van der Waals surface area contributed by atoms with Gasteiger partial charge in [-0.25, -0.2) is 9.78 Å². The molecule has 228 valence electrons. The van der Waals surface area contributed by atoms with Crippen LogP contribution in [0.2, 0.25) is 0 Å². The van der Waals surface area contributed by atoms with Crippen molar-refractivity contribution in [3.8, 4) is 27.3 Å². The fraction of sp³-hybridized carbons (Fsp3) is 0.294. The van der Waals surface area contributed by atoms with E-state index >= 15 is 0 Å². The number of aromatic nitrogens is 1. The fourth-order valence-electron chi connectivity index (χ4n) is 5.28. The van der Waals surface area contributed by atoms with Gasteiger partial charge in [-0.15, -0.1) is 11.3 Å². The molecule has 44 heavy (non-hydrogen) atoms. The molecule has 1 aliphatic rings. The summed E-state index contributed by atoms with van der Waals surface area (Å²) >= 11 is 1.56. The van der Waals surface area contributed by atoms with Gasteiger partial charge in [-0.3, -0.25) is 9.59 Å². The number of amides is 2. The second-order valence-corrected chi connectivity index (χ2v) is 13.1. The molecule has 4 aromatic rings. The van der Waals surface area contributed by atoms with Crippen LogP contribution in [0, 0.1) is 19.3 Å². The Hall–Kier alpha value is -4.54. The van der Waals surface area contributed by atoms with Crippen LogP contribution < -0.4 is 21.1 Å². The number of rotatable bonds is 7. The Balaban J connectivity index is 1.65. The van der Waals surface area contributed by atoms with E-state index in [1.165, 1.54) is 12.1 Å². The lowest BCUT2D eigenvalue weighted by Gasteiger charge is -2.19. The molecular formula is C34H36N4O5S. The second kappa shape index (κ2) is 12.2. The average molecular weight is 613 g/mol. The van der Waals surface area contributed by atoms with Crippen LogP contribution in [0.3, 0.4) is 0 Å². The van der Waals surface area contributed by atoms with E-state index in [1.807, 2.05) is 58.2 Å². The standard InChI is InChI=1S/C34H36N4O5S/c1-18-12-20(16-35)13-19(2)28(18)38-31(39)24-14-25-27(43-10-8-21-9-11-44-30(21)25)15-23(24)22-6-7-26(37-29(22)33(41)42)32(40)36-17-34(3,4)5/h6-7,9,11-15H,8,10,16-17,35H2,1-5H3,(H,36,40)(H,38,39)(H,41,42). The summed E-state index contributed by atoms with van der Waals surface area (Å²) in [4.78, 5) is 44.8. The molecule has 0 saturated carbocycles. The zero-order valence-electron chi connectivity index (χ0n) is 25.5. The van der Waals surface area contributed by atoms with Crippen molar-refractivity contribution in [2.24, 2.45) is 11.1 Å². The number of benzene rings is 2. The molecule has 5 N–H and O–H groups in total. The van der Waals surface area contributed by atoms with Crippen molar-refractivity contribution in [3.63, 3.8) is 0 Å². The minimum Gasteiger partial charge on any atom is -0.493 e. The number of aromatic carboxylic acids is 1. The fourth-order valence-corrected chi connectivity index (χ4v) is 6.25. The number of anilines is 1. The number of ether oxygens (including phenoxy) is 1. The first-order valence-electron chi connectivity index (χ1n) is 14.4. The van der Waals surface area contributed by atoms with Crippen LogP contribution in [0.5, 0.6) is 5.75 Å². The van der Waals surface area contributed by atoms with Crippen molar-refractivity contribution in [2.45, 2.75) is 47.6 Å². The number of fused-ring (bicyclic) bond motifs is 3. The predicted molar refractivity (Wildman–Crippen MR) is 173 cm³/mol. The molecule has 3 heterocycles. The molecule has 0 saturated heterocycles. The van der Waals surface area contributed by atoms with Gasteiger partial charge in [0.25, 0.3) is 11.8 Å². The highest BCUT2D eigenvalue weighted by molar-refractivity contribution is 7.13. The van der Waals surface area contributed by atoms with Crippen molar-refractivity contribution in [2.75, 3.05) is 18.5 Å². The van der Waals surface area contributed by atoms with E-state index in [9.17, 15) is 19.5 Å². The summed E-state index contributed by atoms with van der Waals surface area (Å²) in [5, 5.41) is 18.1. The highest BCUT2D eigenvalue weighted by atomic mass is 32.1. The van der Waals surface area contributed by atoms with Gasteiger partial charge in [-0.05, 0) is 77.2 Å². The zero-order chi connectivity index (χ0) is 31.8. The van der Waals surface area contributed by atoms with Crippen molar-refractivity contribution in [3.05, 3.63) is 87.0 Å². The van der Waals surface area contributed by atoms with Gasteiger partial charge in [0.2, 0.25) is 0 Å². The van der Waals surface area contributed by atoms with Crippen LogP contribution in [0.1, 0.15) is 74.4 Å². The van der Waals surface area contributed by atoms with E-state index in [0.717, 1.165) is 32.7 Å². The number of hydrogen-bond acceptors (Lipinski definition) is 7. The smallest absolute Gasteiger partial charge is 0.355 e. The molecule has 10 heteroatoms. The SMILES string of the molecule is Cc1cc(CN)cc(C)c1NC(=O)c1cc2c(cc1-c1ccc(C(=O)NCC(C)(C)C)nc1C(=O)O)OCCc1ccsc1-2. The monoisotopic (exact) mass is 612 g/mol. The van der Waals surface area contributed by atoms with E-state index in [1.54, 1.807) is 23.5 Å². The first-order valence-corrected chi connectivity index (χ1v) is 15.3. The lowest BCUT2D eigenvalue weighted by molar-refractivity contribution is 0.0691. The molecule has 0 bridgehead atoms. The van der Waals surface area contributed by atoms with E-state index in [2.05, 4.69) is 15.6 Å². The van der Waals surface area contributed by atoms with Gasteiger partial charge in [-0.2, -0.15) is 0 Å². The molecule has 0 aliphatic carbocycles. The number of pyridine rings is 1. The number of nitrogens with zero attached hydrogens (tertiary/aromatic N) is 1. The van der Waals surface area contributed by atoms with Gasteiger partial charge >= 0.3 is 5.97 Å². The molecule has 5 rings (SSSR count). The molecule has 2 aromatic heterocycles. The third-order valence-electron chi connectivity index (χ3n) is 7.45. The minimum atomic E-state index is -1.32. The summed E-state index contributed by atoms with van der Waals surface area (Å²) in [7, 11) is 0. The molecule has 0 radical (unpaired) electrons. The van der Waals surface area contributed by atoms with Gasteiger partial charge in [0.15, 0.2) is 5.69 Å². The van der Waals surface area contributed by atoms with Crippen LogP contribution >= 0.6 is 11.3 Å². The van der Waals surface area contributed by atoms with Crippen molar-refractivity contribution in [1.82, 2.24) is 10.3 Å². The molecular weight excluding hydrogens is 576 g/mol. The normalized spacial score (nSPS) is 12.4. The maximum atomic E-state index is 14.1. The summed E-state index contributed by atoms with van der Waals surface area (Å²) in [6.45, 7) is 11.0. The first kappa shape index (κ1) is 30.9. The Bertz CT molecular complexity index is 1760.